The van der Waals surface area contributed by atoms with Crippen molar-refractivity contribution in [2.75, 3.05) is 5.32 Å². The number of nitrogens with zero attached hydrogens (tertiary/aromatic N) is 1. The van der Waals surface area contributed by atoms with Crippen molar-refractivity contribution in [3.05, 3.63) is 56.9 Å². The smallest absolute Gasteiger partial charge is 0.295 e. The zero-order valence-corrected chi connectivity index (χ0v) is 9.34. The summed E-state index contributed by atoms with van der Waals surface area (Å²) < 4.78 is 0. The first-order chi connectivity index (χ1) is 7.50. The highest BCUT2D eigenvalue weighted by Gasteiger charge is 2.27. The van der Waals surface area contributed by atoms with Crippen LogP contribution in [0.5, 0.6) is 0 Å². The molecule has 0 radical (unpaired) electrons. The van der Waals surface area contributed by atoms with E-state index in [1.54, 1.807) is 25.1 Å². The predicted molar refractivity (Wildman–Crippen MR) is 63.8 cm³/mol. The minimum atomic E-state index is -0.436. The molecule has 0 aromatic heterocycles. The number of rotatable bonds is 1. The van der Waals surface area contributed by atoms with Gasteiger partial charge in [-0.2, -0.15) is 0 Å². The van der Waals surface area contributed by atoms with Crippen LogP contribution < -0.4 is 5.32 Å². The number of hydrogen-bond donors (Lipinski definition) is 1. The summed E-state index contributed by atoms with van der Waals surface area (Å²) in [5, 5.41) is 14.3. The summed E-state index contributed by atoms with van der Waals surface area (Å²) in [4.78, 5) is 10.4. The van der Waals surface area contributed by atoms with Gasteiger partial charge in [-0.3, -0.25) is 10.1 Å². The molecule has 0 saturated carbocycles. The van der Waals surface area contributed by atoms with Crippen molar-refractivity contribution in [1.29, 1.82) is 0 Å². The molecular formula is C11H9ClN2O2. The lowest BCUT2D eigenvalue weighted by Crippen LogP contribution is -2.15. The van der Waals surface area contributed by atoms with E-state index < -0.39 is 4.92 Å². The molecule has 1 aromatic rings. The van der Waals surface area contributed by atoms with Gasteiger partial charge >= 0.3 is 0 Å². The molecule has 1 heterocycles. The predicted octanol–water partition coefficient (Wildman–Crippen LogP) is 3.29. The van der Waals surface area contributed by atoms with Gasteiger partial charge in [-0.05, 0) is 25.1 Å². The van der Waals surface area contributed by atoms with Crippen molar-refractivity contribution in [1.82, 2.24) is 0 Å². The van der Waals surface area contributed by atoms with Crippen LogP contribution in [0, 0.1) is 10.1 Å². The zero-order valence-electron chi connectivity index (χ0n) is 8.58. The first-order valence-corrected chi connectivity index (χ1v) is 5.00. The van der Waals surface area contributed by atoms with Crippen molar-refractivity contribution in [2.24, 2.45) is 0 Å². The molecule has 1 aliphatic heterocycles. The first-order valence-electron chi connectivity index (χ1n) is 4.62. The Balaban J connectivity index is 2.69. The van der Waals surface area contributed by atoms with Crippen molar-refractivity contribution in [3.8, 4) is 0 Å². The van der Waals surface area contributed by atoms with Gasteiger partial charge in [-0.1, -0.05) is 18.2 Å². The van der Waals surface area contributed by atoms with Gasteiger partial charge in [0.25, 0.3) is 5.70 Å². The second kappa shape index (κ2) is 3.64. The van der Waals surface area contributed by atoms with Gasteiger partial charge in [-0.25, -0.2) is 0 Å². The van der Waals surface area contributed by atoms with Crippen LogP contribution in [0.3, 0.4) is 0 Å². The van der Waals surface area contributed by atoms with Crippen molar-refractivity contribution >= 4 is 22.9 Å². The quantitative estimate of drug-likeness (QED) is 0.601. The lowest BCUT2D eigenvalue weighted by molar-refractivity contribution is -0.419. The van der Waals surface area contributed by atoms with E-state index in [0.29, 0.717) is 16.3 Å². The highest BCUT2D eigenvalue weighted by molar-refractivity contribution is 6.30. The monoisotopic (exact) mass is 236 g/mol. The molecule has 4 nitrogen and oxygen atoms in total. The zero-order chi connectivity index (χ0) is 11.9. The van der Waals surface area contributed by atoms with E-state index in [1.165, 1.54) is 0 Å². The second-order valence-electron chi connectivity index (χ2n) is 3.52. The molecule has 0 spiro atoms. The normalized spacial score (nSPS) is 14.5. The molecule has 1 aliphatic rings. The molecular weight excluding hydrogens is 228 g/mol. The third-order valence-electron chi connectivity index (χ3n) is 2.49. The van der Waals surface area contributed by atoms with Gasteiger partial charge in [0.15, 0.2) is 0 Å². The maximum atomic E-state index is 10.9. The maximum Gasteiger partial charge on any atom is 0.295 e. The fraction of sp³-hybridized carbons (Fsp3) is 0.0909. The third kappa shape index (κ3) is 1.57. The molecule has 0 saturated heterocycles. The summed E-state index contributed by atoms with van der Waals surface area (Å²) in [7, 11) is 0. The molecule has 0 fully saturated rings. The summed E-state index contributed by atoms with van der Waals surface area (Å²) in [6, 6.07) is 5.21. The Labute approximate surface area is 97.4 Å². The number of halogens is 1. The van der Waals surface area contributed by atoms with Crippen LogP contribution in [0.1, 0.15) is 12.5 Å². The molecule has 0 amide bonds. The van der Waals surface area contributed by atoms with Crippen LogP contribution in [0.15, 0.2) is 36.2 Å². The van der Waals surface area contributed by atoms with E-state index >= 15 is 0 Å². The highest BCUT2D eigenvalue weighted by Crippen LogP contribution is 2.36. The number of nitro groups is 1. The van der Waals surface area contributed by atoms with Gasteiger partial charge in [-0.15, -0.1) is 0 Å². The van der Waals surface area contributed by atoms with Gasteiger partial charge < -0.3 is 5.32 Å². The van der Waals surface area contributed by atoms with Crippen LogP contribution in [0.2, 0.25) is 5.02 Å². The van der Waals surface area contributed by atoms with Gasteiger partial charge in [0, 0.05) is 21.8 Å². The first kappa shape index (κ1) is 10.7. The molecule has 5 heteroatoms. The number of hydrogen-bond acceptors (Lipinski definition) is 3. The maximum absolute atomic E-state index is 10.9. The van der Waals surface area contributed by atoms with E-state index in [9.17, 15) is 10.1 Å². The minimum absolute atomic E-state index is 0.00904. The van der Waals surface area contributed by atoms with Gasteiger partial charge in [0.2, 0.25) is 0 Å². The Morgan fingerprint density at radius 2 is 2.19 bits per heavy atom. The van der Waals surface area contributed by atoms with Crippen molar-refractivity contribution in [3.63, 3.8) is 0 Å². The fourth-order valence-electron chi connectivity index (χ4n) is 1.76. The Kier molecular flexibility index (Phi) is 2.44. The van der Waals surface area contributed by atoms with Crippen LogP contribution in [0.25, 0.3) is 5.57 Å². The Hall–Kier alpha value is -1.81. The van der Waals surface area contributed by atoms with E-state index in [4.69, 9.17) is 11.6 Å². The molecule has 0 aliphatic carbocycles. The standard InChI is InChI=1S/C11H9ClN2O2/c1-6-9-5-8(12)3-4-10(9)13-7(2)11(6)14(15)16/h3-5,13H,2H2,1H3. The average Bonchev–Trinajstić information content (AvgIpc) is 2.19. The number of allylic oxidation sites excluding steroid dienone is 1. The Bertz CT molecular complexity index is 535. The SMILES string of the molecule is C=C1Nc2ccc(Cl)cc2C(C)=C1[N+](=O)[O-]. The molecule has 1 N–H and O–H groups in total. The van der Waals surface area contributed by atoms with Gasteiger partial charge in [0.05, 0.1) is 4.92 Å². The molecule has 2 rings (SSSR count). The van der Waals surface area contributed by atoms with Crippen LogP contribution in [-0.2, 0) is 0 Å². The van der Waals surface area contributed by atoms with Crippen molar-refractivity contribution < 1.29 is 4.92 Å². The number of benzene rings is 1. The molecule has 0 bridgehead atoms. The fourth-order valence-corrected chi connectivity index (χ4v) is 1.93. The summed E-state index contributed by atoms with van der Waals surface area (Å²) in [5.74, 6) is 0. The molecule has 1 aromatic carbocycles. The molecule has 0 atom stereocenters. The molecule has 82 valence electrons. The highest BCUT2D eigenvalue weighted by atomic mass is 35.5. The molecule has 16 heavy (non-hydrogen) atoms. The van der Waals surface area contributed by atoms with E-state index in [2.05, 4.69) is 11.9 Å². The number of anilines is 1. The summed E-state index contributed by atoms with van der Waals surface area (Å²) in [5.41, 5.74) is 2.42. The molecule has 0 unspecified atom stereocenters. The van der Waals surface area contributed by atoms with Crippen LogP contribution in [-0.4, -0.2) is 4.92 Å². The number of fused-ring (bicyclic) bond motifs is 1. The van der Waals surface area contributed by atoms with E-state index in [1.807, 2.05) is 0 Å². The average molecular weight is 237 g/mol. The Morgan fingerprint density at radius 1 is 1.50 bits per heavy atom. The minimum Gasteiger partial charge on any atom is -0.350 e. The van der Waals surface area contributed by atoms with Gasteiger partial charge in [0.1, 0.15) is 5.70 Å². The van der Waals surface area contributed by atoms with E-state index in [-0.39, 0.29) is 5.70 Å². The second-order valence-corrected chi connectivity index (χ2v) is 3.96. The lowest BCUT2D eigenvalue weighted by Gasteiger charge is -2.19. The summed E-state index contributed by atoms with van der Waals surface area (Å²) >= 11 is 5.86. The number of nitrogens with one attached hydrogen (secondary N) is 1. The third-order valence-corrected chi connectivity index (χ3v) is 2.73. The topological polar surface area (TPSA) is 55.2 Å². The largest absolute Gasteiger partial charge is 0.350 e. The Morgan fingerprint density at radius 3 is 2.81 bits per heavy atom. The van der Waals surface area contributed by atoms with Crippen LogP contribution >= 0.6 is 11.6 Å². The van der Waals surface area contributed by atoms with Crippen molar-refractivity contribution in [2.45, 2.75) is 6.92 Å². The summed E-state index contributed by atoms with van der Waals surface area (Å²) in [6.07, 6.45) is 0. The van der Waals surface area contributed by atoms with Crippen LogP contribution in [0.4, 0.5) is 5.69 Å². The lowest BCUT2D eigenvalue weighted by atomic mass is 9.98. The van der Waals surface area contributed by atoms with E-state index in [0.717, 1.165) is 11.3 Å². The summed E-state index contributed by atoms with van der Waals surface area (Å²) in [6.45, 7) is 5.34.